The van der Waals surface area contributed by atoms with Crippen LogP contribution in [0.25, 0.3) is 0 Å². The van der Waals surface area contributed by atoms with Crippen molar-refractivity contribution in [2.75, 3.05) is 7.11 Å². The fourth-order valence-corrected chi connectivity index (χ4v) is 1.16. The number of amides is 1. The molecule has 0 aromatic heterocycles. The van der Waals surface area contributed by atoms with Crippen LogP contribution in [0.5, 0.6) is 0 Å². The lowest BCUT2D eigenvalue weighted by atomic mass is 10.2. The lowest BCUT2D eigenvalue weighted by Crippen LogP contribution is -2.27. The average Bonchev–Trinajstić information content (AvgIpc) is 2.29. The molecule has 0 bridgehead atoms. The molecule has 0 radical (unpaired) electrons. The van der Waals surface area contributed by atoms with Crippen LogP contribution in [0.15, 0.2) is 29.3 Å². The van der Waals surface area contributed by atoms with Gasteiger partial charge in [-0.2, -0.15) is 0 Å². The number of nitrogens with zero attached hydrogens (tertiary/aromatic N) is 1. The zero-order valence-electron chi connectivity index (χ0n) is 9.43. The molecule has 6 nitrogen and oxygen atoms in total. The summed E-state index contributed by atoms with van der Waals surface area (Å²) in [6.07, 6.45) is -0.654. The zero-order chi connectivity index (χ0) is 12.8. The first kappa shape index (κ1) is 12.7. The molecule has 1 rings (SSSR count). The normalized spacial score (nSPS) is 10.8. The Morgan fingerprint density at radius 2 is 2.00 bits per heavy atom. The van der Waals surface area contributed by atoms with Gasteiger partial charge in [-0.15, -0.1) is 0 Å². The van der Waals surface area contributed by atoms with Crippen molar-refractivity contribution in [1.29, 1.82) is 0 Å². The number of para-hydroxylation sites is 1. The van der Waals surface area contributed by atoms with Crippen LogP contribution in [0.3, 0.4) is 0 Å². The zero-order valence-corrected chi connectivity index (χ0v) is 9.43. The Morgan fingerprint density at radius 1 is 1.35 bits per heavy atom. The van der Waals surface area contributed by atoms with Crippen molar-refractivity contribution in [2.45, 2.75) is 6.92 Å². The monoisotopic (exact) mass is 236 g/mol. The highest BCUT2D eigenvalue weighted by molar-refractivity contribution is 5.98. The van der Waals surface area contributed by atoms with E-state index in [2.05, 4.69) is 15.0 Å². The van der Waals surface area contributed by atoms with Gasteiger partial charge in [-0.1, -0.05) is 12.1 Å². The van der Waals surface area contributed by atoms with Gasteiger partial charge in [0.25, 0.3) is 0 Å². The number of carboxylic acid groups (broad SMARTS) is 1. The van der Waals surface area contributed by atoms with Crippen molar-refractivity contribution in [3.8, 4) is 0 Å². The quantitative estimate of drug-likeness (QED) is 0.605. The number of aromatic carboxylic acids is 1. The topological polar surface area (TPSA) is 88.0 Å². The van der Waals surface area contributed by atoms with Gasteiger partial charge in [0.05, 0.1) is 18.4 Å². The molecule has 0 atom stereocenters. The van der Waals surface area contributed by atoms with Gasteiger partial charge in [0.15, 0.2) is 0 Å². The van der Waals surface area contributed by atoms with E-state index in [1.165, 1.54) is 20.1 Å². The number of carbonyl (C=O) groups is 2. The second-order valence-electron chi connectivity index (χ2n) is 3.14. The number of carboxylic acids is 1. The minimum Gasteiger partial charge on any atom is -0.478 e. The number of nitrogens with one attached hydrogen (secondary N) is 1. The van der Waals surface area contributed by atoms with Crippen molar-refractivity contribution in [1.82, 2.24) is 5.32 Å². The van der Waals surface area contributed by atoms with Crippen LogP contribution in [-0.2, 0) is 4.74 Å². The molecule has 0 spiro atoms. The molecule has 0 heterocycles. The van der Waals surface area contributed by atoms with Crippen LogP contribution in [-0.4, -0.2) is 30.1 Å². The molecule has 6 heteroatoms. The van der Waals surface area contributed by atoms with Crippen molar-refractivity contribution in [2.24, 2.45) is 4.99 Å². The predicted molar refractivity (Wildman–Crippen MR) is 61.7 cm³/mol. The third-order valence-electron chi connectivity index (χ3n) is 1.89. The Labute approximate surface area is 97.9 Å². The van der Waals surface area contributed by atoms with E-state index in [1.807, 2.05) is 0 Å². The number of amidine groups is 1. The summed E-state index contributed by atoms with van der Waals surface area (Å²) in [5.41, 5.74) is 0.340. The van der Waals surface area contributed by atoms with Crippen molar-refractivity contribution >= 4 is 23.6 Å². The standard InChI is InChI=1S/C11H12N2O4/c1-7(13-11(16)17-2)12-9-6-4-3-5-8(9)10(14)15/h3-6H,1-2H3,(H,14,15)(H,12,13,16). The predicted octanol–water partition coefficient (Wildman–Crippen LogP) is 1.79. The number of carbonyl (C=O) groups excluding carboxylic acids is 1. The molecular formula is C11H12N2O4. The number of hydrogen-bond donors (Lipinski definition) is 2. The van der Waals surface area contributed by atoms with Crippen LogP contribution in [0.2, 0.25) is 0 Å². The Morgan fingerprint density at radius 3 is 2.59 bits per heavy atom. The highest BCUT2D eigenvalue weighted by atomic mass is 16.5. The van der Waals surface area contributed by atoms with Gasteiger partial charge >= 0.3 is 12.1 Å². The summed E-state index contributed by atoms with van der Waals surface area (Å²) < 4.78 is 4.39. The van der Waals surface area contributed by atoms with Crippen LogP contribution in [0.1, 0.15) is 17.3 Å². The van der Waals surface area contributed by atoms with E-state index in [0.29, 0.717) is 0 Å². The summed E-state index contributed by atoms with van der Waals surface area (Å²) in [5.74, 6) is -0.819. The molecule has 1 aromatic carbocycles. The van der Waals surface area contributed by atoms with Gasteiger partial charge in [-0.25, -0.2) is 14.6 Å². The molecule has 0 aliphatic heterocycles. The molecule has 0 unspecified atom stereocenters. The average molecular weight is 236 g/mol. The van der Waals surface area contributed by atoms with E-state index in [0.717, 1.165) is 0 Å². The highest BCUT2D eigenvalue weighted by Gasteiger charge is 2.08. The number of ether oxygens (including phenoxy) is 1. The van der Waals surface area contributed by atoms with Gasteiger partial charge in [0.1, 0.15) is 5.84 Å². The minimum atomic E-state index is -1.07. The first-order chi connectivity index (χ1) is 8.04. The number of rotatable bonds is 2. The lowest BCUT2D eigenvalue weighted by molar-refractivity contribution is 0.0698. The summed E-state index contributed by atoms with van der Waals surface area (Å²) in [6.45, 7) is 1.54. The molecule has 0 aliphatic carbocycles. The molecular weight excluding hydrogens is 224 g/mol. The molecule has 2 N–H and O–H groups in total. The summed E-state index contributed by atoms with van der Waals surface area (Å²) in [6, 6.07) is 6.25. The lowest BCUT2D eigenvalue weighted by Gasteiger charge is -2.04. The molecule has 0 fully saturated rings. The van der Waals surface area contributed by atoms with E-state index < -0.39 is 12.1 Å². The van der Waals surface area contributed by atoms with E-state index in [4.69, 9.17) is 5.11 Å². The maximum atomic E-state index is 10.9. The molecule has 1 aromatic rings. The SMILES string of the molecule is COC(=O)NC(C)=Nc1ccccc1C(=O)O. The summed E-state index contributed by atoms with van der Waals surface area (Å²) in [7, 11) is 1.23. The van der Waals surface area contributed by atoms with Gasteiger partial charge in [0.2, 0.25) is 0 Å². The Balaban J connectivity index is 2.97. The van der Waals surface area contributed by atoms with E-state index >= 15 is 0 Å². The van der Waals surface area contributed by atoms with Gasteiger partial charge in [0, 0.05) is 0 Å². The largest absolute Gasteiger partial charge is 0.478 e. The third-order valence-corrected chi connectivity index (χ3v) is 1.89. The number of alkyl carbamates (subject to hydrolysis) is 1. The molecule has 0 aliphatic rings. The summed E-state index contributed by atoms with van der Waals surface area (Å²) in [5, 5.41) is 11.3. The Hall–Kier alpha value is -2.37. The number of benzene rings is 1. The van der Waals surface area contributed by atoms with Crippen LogP contribution < -0.4 is 5.32 Å². The van der Waals surface area contributed by atoms with E-state index in [9.17, 15) is 9.59 Å². The number of hydrogen-bond acceptors (Lipinski definition) is 4. The molecule has 0 saturated carbocycles. The first-order valence-electron chi connectivity index (χ1n) is 4.77. The molecule has 17 heavy (non-hydrogen) atoms. The fraction of sp³-hybridized carbons (Fsp3) is 0.182. The molecule has 0 saturated heterocycles. The minimum absolute atomic E-state index is 0.0681. The molecule has 90 valence electrons. The second-order valence-corrected chi connectivity index (χ2v) is 3.14. The van der Waals surface area contributed by atoms with Crippen molar-refractivity contribution in [3.63, 3.8) is 0 Å². The van der Waals surface area contributed by atoms with E-state index in [1.54, 1.807) is 18.2 Å². The number of methoxy groups -OCH3 is 1. The van der Waals surface area contributed by atoms with Crippen LogP contribution in [0, 0.1) is 0 Å². The smallest absolute Gasteiger partial charge is 0.412 e. The fourth-order valence-electron chi connectivity index (χ4n) is 1.16. The van der Waals surface area contributed by atoms with Crippen LogP contribution >= 0.6 is 0 Å². The van der Waals surface area contributed by atoms with E-state index in [-0.39, 0.29) is 17.1 Å². The second kappa shape index (κ2) is 5.64. The summed E-state index contributed by atoms with van der Waals surface area (Å²) in [4.78, 5) is 25.8. The van der Waals surface area contributed by atoms with Gasteiger partial charge in [-0.05, 0) is 19.1 Å². The maximum Gasteiger partial charge on any atom is 0.412 e. The molecule has 1 amide bonds. The maximum absolute atomic E-state index is 10.9. The van der Waals surface area contributed by atoms with Gasteiger partial charge in [-0.3, -0.25) is 5.32 Å². The number of aliphatic imine (C=N–C) groups is 1. The summed E-state index contributed by atoms with van der Waals surface area (Å²) >= 11 is 0. The Kier molecular flexibility index (Phi) is 4.21. The first-order valence-corrected chi connectivity index (χ1v) is 4.77. The highest BCUT2D eigenvalue weighted by Crippen LogP contribution is 2.18. The van der Waals surface area contributed by atoms with Gasteiger partial charge < -0.3 is 9.84 Å². The van der Waals surface area contributed by atoms with Crippen molar-refractivity contribution < 1.29 is 19.4 Å². The van der Waals surface area contributed by atoms with Crippen molar-refractivity contribution in [3.05, 3.63) is 29.8 Å². The third kappa shape index (κ3) is 3.60. The Bertz CT molecular complexity index is 468. The van der Waals surface area contributed by atoms with Crippen LogP contribution in [0.4, 0.5) is 10.5 Å².